The van der Waals surface area contributed by atoms with Crippen LogP contribution in [0.3, 0.4) is 0 Å². The Bertz CT molecular complexity index is 1270. The minimum atomic E-state index is -0.371. The molecule has 2 aliphatic rings. The van der Waals surface area contributed by atoms with Crippen LogP contribution in [0.15, 0.2) is 66.7 Å². The zero-order valence-electron chi connectivity index (χ0n) is 20.6. The minimum absolute atomic E-state index is 0.00376. The maximum absolute atomic E-state index is 12.8. The standard InChI is InChI=1S/C29H31N3O4/c1-3-31(2)15-6-16-36-29(33)21-11-14-26-24(18-21)27-23-8-5-4-7-20(23)17-25(27)28(30-26)19-9-12-22(13-10-19)32(34)35/h4-5,7-14,18,25,27-28,30H,3,6,15-17H2,1-2H3. The van der Waals surface area contributed by atoms with Crippen LogP contribution in [0.5, 0.6) is 0 Å². The largest absolute Gasteiger partial charge is 0.462 e. The molecule has 186 valence electrons. The van der Waals surface area contributed by atoms with Gasteiger partial charge in [0.05, 0.1) is 23.1 Å². The molecule has 7 heteroatoms. The van der Waals surface area contributed by atoms with E-state index >= 15 is 0 Å². The molecule has 3 atom stereocenters. The van der Waals surface area contributed by atoms with Crippen LogP contribution in [0.1, 0.15) is 57.9 Å². The van der Waals surface area contributed by atoms with Crippen molar-refractivity contribution in [3.63, 3.8) is 0 Å². The van der Waals surface area contributed by atoms with Gasteiger partial charge in [-0.05, 0) is 72.8 Å². The van der Waals surface area contributed by atoms with E-state index in [1.165, 1.54) is 11.1 Å². The summed E-state index contributed by atoms with van der Waals surface area (Å²) < 4.78 is 5.57. The Morgan fingerprint density at radius 3 is 2.64 bits per heavy atom. The Balaban J connectivity index is 1.43. The van der Waals surface area contributed by atoms with Gasteiger partial charge in [0.1, 0.15) is 0 Å². The highest BCUT2D eigenvalue weighted by atomic mass is 16.6. The summed E-state index contributed by atoms with van der Waals surface area (Å²) in [7, 11) is 2.05. The lowest BCUT2D eigenvalue weighted by Gasteiger charge is -2.38. The van der Waals surface area contributed by atoms with Crippen LogP contribution in [-0.4, -0.2) is 42.5 Å². The quantitative estimate of drug-likeness (QED) is 0.194. The van der Waals surface area contributed by atoms with Gasteiger partial charge in [-0.2, -0.15) is 0 Å². The summed E-state index contributed by atoms with van der Waals surface area (Å²) in [5.41, 5.74) is 6.35. The second-order valence-corrected chi connectivity index (χ2v) is 9.70. The number of ether oxygens (including phenoxy) is 1. The first-order valence-corrected chi connectivity index (χ1v) is 12.5. The van der Waals surface area contributed by atoms with Gasteiger partial charge in [0.25, 0.3) is 5.69 Å². The zero-order chi connectivity index (χ0) is 25.2. The molecule has 0 amide bonds. The van der Waals surface area contributed by atoms with Gasteiger partial charge >= 0.3 is 5.97 Å². The molecule has 3 aromatic carbocycles. The first kappa shape index (κ1) is 24.0. The molecular weight excluding hydrogens is 454 g/mol. The Morgan fingerprint density at radius 1 is 1.11 bits per heavy atom. The summed E-state index contributed by atoms with van der Waals surface area (Å²) in [6, 6.07) is 21.1. The van der Waals surface area contributed by atoms with E-state index in [1.807, 2.05) is 30.3 Å². The number of benzene rings is 3. The van der Waals surface area contributed by atoms with E-state index in [1.54, 1.807) is 12.1 Å². The number of carbonyl (C=O) groups excluding carboxylic acids is 1. The summed E-state index contributed by atoms with van der Waals surface area (Å²) in [6.07, 6.45) is 1.70. The van der Waals surface area contributed by atoms with Gasteiger partial charge < -0.3 is 15.0 Å². The molecule has 0 radical (unpaired) electrons. The number of fused-ring (bicyclic) bond motifs is 5. The molecule has 7 nitrogen and oxygen atoms in total. The van der Waals surface area contributed by atoms with Crippen LogP contribution in [0.4, 0.5) is 11.4 Å². The lowest BCUT2D eigenvalue weighted by Crippen LogP contribution is -2.30. The monoisotopic (exact) mass is 485 g/mol. The Labute approximate surface area is 211 Å². The molecule has 1 heterocycles. The predicted molar refractivity (Wildman–Crippen MR) is 139 cm³/mol. The van der Waals surface area contributed by atoms with E-state index in [-0.39, 0.29) is 34.5 Å². The maximum Gasteiger partial charge on any atom is 0.338 e. The number of anilines is 1. The number of carbonyl (C=O) groups is 1. The molecule has 0 aromatic heterocycles. The highest BCUT2D eigenvalue weighted by Gasteiger charge is 2.43. The van der Waals surface area contributed by atoms with Crippen molar-refractivity contribution in [1.82, 2.24) is 4.90 Å². The normalized spacial score (nSPS) is 19.7. The number of nitrogens with one attached hydrogen (secondary N) is 1. The molecule has 5 rings (SSSR count). The first-order chi connectivity index (χ1) is 17.5. The molecule has 0 fully saturated rings. The fourth-order valence-electron chi connectivity index (χ4n) is 5.56. The third kappa shape index (κ3) is 4.58. The predicted octanol–water partition coefficient (Wildman–Crippen LogP) is 5.56. The summed E-state index contributed by atoms with van der Waals surface area (Å²) in [4.78, 5) is 25.8. The number of nitro groups is 1. The van der Waals surface area contributed by atoms with Crippen molar-refractivity contribution in [2.24, 2.45) is 5.92 Å². The Hall–Kier alpha value is -3.71. The van der Waals surface area contributed by atoms with E-state index in [4.69, 9.17) is 4.74 Å². The van der Waals surface area contributed by atoms with Gasteiger partial charge in [-0.25, -0.2) is 4.79 Å². The van der Waals surface area contributed by atoms with Gasteiger partial charge in [-0.15, -0.1) is 0 Å². The second kappa shape index (κ2) is 10.1. The van der Waals surface area contributed by atoms with Crippen molar-refractivity contribution in [3.8, 4) is 0 Å². The van der Waals surface area contributed by atoms with E-state index < -0.39 is 0 Å². The number of hydrogen-bond donors (Lipinski definition) is 1. The molecule has 0 bridgehead atoms. The summed E-state index contributed by atoms with van der Waals surface area (Å²) in [5.74, 6) is 0.0630. The fourth-order valence-corrected chi connectivity index (χ4v) is 5.56. The van der Waals surface area contributed by atoms with Crippen molar-refractivity contribution in [1.29, 1.82) is 0 Å². The zero-order valence-corrected chi connectivity index (χ0v) is 20.6. The average Bonchev–Trinajstić information content (AvgIpc) is 3.30. The van der Waals surface area contributed by atoms with Crippen LogP contribution >= 0.6 is 0 Å². The van der Waals surface area contributed by atoms with Gasteiger partial charge in [0, 0.05) is 30.3 Å². The fraction of sp³-hybridized carbons (Fsp3) is 0.345. The Kier molecular flexibility index (Phi) is 6.74. The third-order valence-electron chi connectivity index (χ3n) is 7.56. The maximum atomic E-state index is 12.8. The van der Waals surface area contributed by atoms with E-state index in [0.717, 1.165) is 42.7 Å². The molecule has 3 unspecified atom stereocenters. The molecule has 1 aliphatic carbocycles. The summed E-state index contributed by atoms with van der Waals surface area (Å²) in [5, 5.41) is 14.8. The van der Waals surface area contributed by atoms with Crippen molar-refractivity contribution >= 4 is 17.3 Å². The molecular formula is C29H31N3O4. The van der Waals surface area contributed by atoms with E-state index in [2.05, 4.69) is 48.5 Å². The van der Waals surface area contributed by atoms with Crippen LogP contribution in [0, 0.1) is 16.0 Å². The van der Waals surface area contributed by atoms with Crippen molar-refractivity contribution in [3.05, 3.63) is 105 Å². The number of hydrogen-bond acceptors (Lipinski definition) is 6. The Morgan fingerprint density at radius 2 is 1.89 bits per heavy atom. The molecule has 1 aliphatic heterocycles. The summed E-state index contributed by atoms with van der Waals surface area (Å²) >= 11 is 0. The number of nitro benzene ring substituents is 1. The molecule has 36 heavy (non-hydrogen) atoms. The lowest BCUT2D eigenvalue weighted by molar-refractivity contribution is -0.384. The number of non-ortho nitro benzene ring substituents is 1. The second-order valence-electron chi connectivity index (χ2n) is 9.70. The van der Waals surface area contributed by atoms with Gasteiger partial charge in [-0.3, -0.25) is 10.1 Å². The SMILES string of the molecule is CCN(C)CCCOC(=O)c1ccc2c(c1)C1c3ccccc3CC1C(c1ccc([N+](=O)[O-])cc1)N2. The molecule has 1 N–H and O–H groups in total. The molecule has 3 aromatic rings. The van der Waals surface area contributed by atoms with Crippen LogP contribution in [-0.2, 0) is 11.2 Å². The minimum Gasteiger partial charge on any atom is -0.462 e. The van der Waals surface area contributed by atoms with Crippen molar-refractivity contribution < 1.29 is 14.5 Å². The number of rotatable bonds is 8. The average molecular weight is 486 g/mol. The first-order valence-electron chi connectivity index (χ1n) is 12.5. The van der Waals surface area contributed by atoms with Crippen molar-refractivity contribution in [2.45, 2.75) is 31.7 Å². The highest BCUT2D eigenvalue weighted by Crippen LogP contribution is 2.54. The summed E-state index contributed by atoms with van der Waals surface area (Å²) in [6.45, 7) is 4.36. The molecule has 0 saturated heterocycles. The smallest absolute Gasteiger partial charge is 0.338 e. The van der Waals surface area contributed by atoms with Gasteiger partial charge in [-0.1, -0.05) is 43.3 Å². The highest BCUT2D eigenvalue weighted by molar-refractivity contribution is 5.90. The number of esters is 1. The third-order valence-corrected chi connectivity index (χ3v) is 7.56. The van der Waals surface area contributed by atoms with Crippen LogP contribution in [0.25, 0.3) is 0 Å². The molecule has 0 spiro atoms. The number of nitrogens with zero attached hydrogens (tertiary/aromatic N) is 2. The topological polar surface area (TPSA) is 84.7 Å². The van der Waals surface area contributed by atoms with Gasteiger partial charge in [0.15, 0.2) is 0 Å². The van der Waals surface area contributed by atoms with E-state index in [0.29, 0.717) is 12.2 Å². The van der Waals surface area contributed by atoms with Crippen LogP contribution in [0.2, 0.25) is 0 Å². The molecule has 0 saturated carbocycles. The van der Waals surface area contributed by atoms with Gasteiger partial charge in [0.2, 0.25) is 0 Å². The lowest BCUT2D eigenvalue weighted by atomic mass is 9.75. The van der Waals surface area contributed by atoms with Crippen LogP contribution < -0.4 is 5.32 Å². The van der Waals surface area contributed by atoms with Crippen molar-refractivity contribution in [2.75, 3.05) is 32.1 Å². The van der Waals surface area contributed by atoms with E-state index in [9.17, 15) is 14.9 Å².